The van der Waals surface area contributed by atoms with Gasteiger partial charge in [-0.05, 0) is 61.4 Å². The highest BCUT2D eigenvalue weighted by Gasteiger charge is 2.35. The molecule has 32 heavy (non-hydrogen) atoms. The maximum absolute atomic E-state index is 10.6. The molecule has 0 unspecified atom stereocenters. The molecule has 4 heteroatoms. The normalized spacial score (nSPS) is 16.1. The summed E-state index contributed by atoms with van der Waals surface area (Å²) in [7, 11) is 1.69. The summed E-state index contributed by atoms with van der Waals surface area (Å²) in [6.45, 7) is 5.15. The summed E-state index contributed by atoms with van der Waals surface area (Å²) in [5, 5.41) is 16.7. The minimum Gasteiger partial charge on any atom is -0.496 e. The van der Waals surface area contributed by atoms with E-state index < -0.39 is 6.10 Å². The predicted octanol–water partition coefficient (Wildman–Crippen LogP) is 5.29. The molecule has 3 aromatic carbocycles. The average molecular weight is 434 g/mol. The Morgan fingerprint density at radius 1 is 1.00 bits per heavy atom. The van der Waals surface area contributed by atoms with E-state index >= 15 is 0 Å². The van der Waals surface area contributed by atoms with Crippen molar-refractivity contribution in [1.29, 1.82) is 0 Å². The molecular formula is C28H35NO3. The lowest BCUT2D eigenvalue weighted by molar-refractivity contribution is -0.0219. The molecule has 1 aliphatic carbocycles. The van der Waals surface area contributed by atoms with Crippen LogP contribution in [0.5, 0.6) is 5.75 Å². The Bertz CT molecular complexity index is 1030. The van der Waals surface area contributed by atoms with E-state index in [0.29, 0.717) is 19.1 Å². The lowest BCUT2D eigenvalue weighted by Gasteiger charge is -2.29. The van der Waals surface area contributed by atoms with Crippen molar-refractivity contribution in [2.24, 2.45) is 5.92 Å². The van der Waals surface area contributed by atoms with Gasteiger partial charge in [0.25, 0.3) is 0 Å². The molecule has 2 N–H and O–H groups in total. The monoisotopic (exact) mass is 433 g/mol. The zero-order valence-electron chi connectivity index (χ0n) is 19.4. The van der Waals surface area contributed by atoms with Gasteiger partial charge in [0.2, 0.25) is 0 Å². The third kappa shape index (κ3) is 5.89. The summed E-state index contributed by atoms with van der Waals surface area (Å²) >= 11 is 0. The molecule has 0 bridgehead atoms. The molecule has 170 valence electrons. The van der Waals surface area contributed by atoms with Gasteiger partial charge >= 0.3 is 0 Å². The van der Waals surface area contributed by atoms with Gasteiger partial charge in [0, 0.05) is 17.6 Å². The van der Waals surface area contributed by atoms with Crippen molar-refractivity contribution in [2.45, 2.75) is 50.9 Å². The maximum atomic E-state index is 10.6. The van der Waals surface area contributed by atoms with E-state index in [4.69, 9.17) is 9.47 Å². The fourth-order valence-corrected chi connectivity index (χ4v) is 4.37. The largest absolute Gasteiger partial charge is 0.496 e. The number of nitrogens with one attached hydrogen (secondary N) is 1. The topological polar surface area (TPSA) is 50.7 Å². The van der Waals surface area contributed by atoms with Crippen LogP contribution in [0.25, 0.3) is 10.8 Å². The molecule has 0 aromatic heterocycles. The summed E-state index contributed by atoms with van der Waals surface area (Å²) in [5.41, 5.74) is 2.23. The Hall–Kier alpha value is -2.40. The maximum Gasteiger partial charge on any atom is 0.124 e. The standard InChI is InChI=1S/C28H35NO3/c1-28(2,17-20-12-13-21-8-4-5-9-23(21)16-20)29-18-24(30)19-32-27(22-14-15-22)25-10-6-7-11-26(25)31-3/h4-13,16,22,24,27,29-30H,14-15,17-19H2,1-3H3/t24-,27-/m1/s1. The summed E-state index contributed by atoms with van der Waals surface area (Å²) in [4.78, 5) is 0. The van der Waals surface area contributed by atoms with E-state index in [-0.39, 0.29) is 11.6 Å². The molecule has 1 saturated carbocycles. The van der Waals surface area contributed by atoms with Gasteiger partial charge in [0.05, 0.1) is 25.9 Å². The second kappa shape index (κ2) is 10.0. The predicted molar refractivity (Wildman–Crippen MR) is 130 cm³/mol. The van der Waals surface area contributed by atoms with Gasteiger partial charge in [-0.1, -0.05) is 60.7 Å². The van der Waals surface area contributed by atoms with Crippen molar-refractivity contribution < 1.29 is 14.6 Å². The summed E-state index contributed by atoms with van der Waals surface area (Å²) in [6, 6.07) is 23.1. The van der Waals surface area contributed by atoms with Gasteiger partial charge in [-0.3, -0.25) is 0 Å². The molecule has 0 saturated heterocycles. The van der Waals surface area contributed by atoms with E-state index in [1.807, 2.05) is 18.2 Å². The van der Waals surface area contributed by atoms with Crippen LogP contribution in [-0.2, 0) is 11.2 Å². The lowest BCUT2D eigenvalue weighted by atomic mass is 9.93. The molecule has 0 radical (unpaired) electrons. The van der Waals surface area contributed by atoms with Crippen molar-refractivity contribution >= 4 is 10.8 Å². The molecule has 4 nitrogen and oxygen atoms in total. The first-order valence-corrected chi connectivity index (χ1v) is 11.6. The van der Waals surface area contributed by atoms with Crippen molar-refractivity contribution in [1.82, 2.24) is 5.32 Å². The van der Waals surface area contributed by atoms with Crippen LogP contribution in [0.15, 0.2) is 66.7 Å². The van der Waals surface area contributed by atoms with Crippen molar-refractivity contribution in [3.63, 3.8) is 0 Å². The lowest BCUT2D eigenvalue weighted by Crippen LogP contribution is -2.46. The summed E-state index contributed by atoms with van der Waals surface area (Å²) < 4.78 is 11.7. The minimum atomic E-state index is -0.568. The summed E-state index contributed by atoms with van der Waals surface area (Å²) in [5.74, 6) is 1.37. The van der Waals surface area contributed by atoms with E-state index in [0.717, 1.165) is 30.6 Å². The van der Waals surface area contributed by atoms with E-state index in [1.165, 1.54) is 16.3 Å². The first-order valence-electron chi connectivity index (χ1n) is 11.6. The number of para-hydroxylation sites is 1. The number of hydrogen-bond acceptors (Lipinski definition) is 4. The molecule has 1 fully saturated rings. The van der Waals surface area contributed by atoms with Gasteiger partial charge in [-0.2, -0.15) is 0 Å². The van der Waals surface area contributed by atoms with Gasteiger partial charge in [-0.25, -0.2) is 0 Å². The minimum absolute atomic E-state index is 0.0218. The first kappa shape index (κ1) is 22.8. The third-order valence-electron chi connectivity index (χ3n) is 6.24. The Labute approximate surface area is 191 Å². The molecule has 4 rings (SSSR count). The first-order chi connectivity index (χ1) is 15.4. The SMILES string of the molecule is COc1ccccc1[C@H](OC[C@H](O)CNC(C)(C)Cc1ccc2ccccc2c1)C1CC1. The van der Waals surface area contributed by atoms with Gasteiger partial charge in [0.15, 0.2) is 0 Å². The second-order valence-electron chi connectivity index (χ2n) is 9.61. The number of aliphatic hydroxyl groups is 1. The van der Waals surface area contributed by atoms with Crippen LogP contribution < -0.4 is 10.1 Å². The van der Waals surface area contributed by atoms with E-state index in [2.05, 4.69) is 67.7 Å². The highest BCUT2D eigenvalue weighted by Crippen LogP contribution is 2.45. The average Bonchev–Trinajstić information content (AvgIpc) is 3.63. The second-order valence-corrected chi connectivity index (χ2v) is 9.61. The number of aliphatic hydroxyl groups excluding tert-OH is 1. The quantitative estimate of drug-likeness (QED) is 0.432. The fourth-order valence-electron chi connectivity index (χ4n) is 4.37. The Balaban J connectivity index is 1.30. The zero-order chi connectivity index (χ0) is 22.6. The fraction of sp³-hybridized carbons (Fsp3) is 0.429. The van der Waals surface area contributed by atoms with Crippen LogP contribution in [0.3, 0.4) is 0 Å². The molecule has 2 atom stereocenters. The molecule has 0 heterocycles. The number of fused-ring (bicyclic) bond motifs is 1. The van der Waals surface area contributed by atoms with Crippen LogP contribution >= 0.6 is 0 Å². The number of methoxy groups -OCH3 is 1. The Morgan fingerprint density at radius 3 is 2.47 bits per heavy atom. The number of β-amino-alcohol motifs (C(OH)–C–C–N with tert-alkyl or cyclic N) is 1. The number of rotatable bonds is 11. The highest BCUT2D eigenvalue weighted by molar-refractivity contribution is 5.83. The Morgan fingerprint density at radius 2 is 1.72 bits per heavy atom. The van der Waals surface area contributed by atoms with Crippen LogP contribution in [0.2, 0.25) is 0 Å². The highest BCUT2D eigenvalue weighted by atomic mass is 16.5. The number of ether oxygens (including phenoxy) is 2. The molecular weight excluding hydrogens is 398 g/mol. The van der Waals surface area contributed by atoms with Gasteiger partial charge < -0.3 is 19.9 Å². The van der Waals surface area contributed by atoms with Gasteiger partial charge in [-0.15, -0.1) is 0 Å². The zero-order valence-corrected chi connectivity index (χ0v) is 19.4. The van der Waals surface area contributed by atoms with Crippen molar-refractivity contribution in [3.05, 3.63) is 77.9 Å². The molecule has 0 spiro atoms. The van der Waals surface area contributed by atoms with Crippen LogP contribution in [0.4, 0.5) is 0 Å². The van der Waals surface area contributed by atoms with Crippen molar-refractivity contribution in [3.8, 4) is 5.75 Å². The van der Waals surface area contributed by atoms with Gasteiger partial charge in [0.1, 0.15) is 5.75 Å². The number of hydrogen-bond donors (Lipinski definition) is 2. The van der Waals surface area contributed by atoms with Crippen LogP contribution in [0.1, 0.15) is 43.9 Å². The molecule has 3 aromatic rings. The molecule has 0 aliphatic heterocycles. The summed E-state index contributed by atoms with van der Waals surface area (Å²) in [6.07, 6.45) is 2.62. The van der Waals surface area contributed by atoms with Crippen LogP contribution in [0, 0.1) is 5.92 Å². The van der Waals surface area contributed by atoms with Crippen LogP contribution in [-0.4, -0.2) is 37.0 Å². The number of benzene rings is 3. The molecule has 0 amide bonds. The Kier molecular flexibility index (Phi) is 7.14. The molecule has 1 aliphatic rings. The van der Waals surface area contributed by atoms with Crippen molar-refractivity contribution in [2.75, 3.05) is 20.3 Å². The smallest absolute Gasteiger partial charge is 0.124 e. The van der Waals surface area contributed by atoms with E-state index in [9.17, 15) is 5.11 Å². The van der Waals surface area contributed by atoms with E-state index in [1.54, 1.807) is 7.11 Å². The third-order valence-corrected chi connectivity index (χ3v) is 6.24.